The molecule has 1 amide bonds. The number of para-hydroxylation sites is 1. The summed E-state index contributed by atoms with van der Waals surface area (Å²) in [6, 6.07) is 10.1. The Kier molecular flexibility index (Phi) is 4.66. The lowest BCUT2D eigenvalue weighted by atomic mass is 10.1. The molecule has 1 N–H and O–H groups in total. The SMILES string of the molecule is COc1ccccc1[C@@H](C#N)NC(=O)c1cc(Br)cn1C. The molecule has 2 aromatic rings. The molecule has 6 heteroatoms. The molecule has 0 fully saturated rings. The van der Waals surface area contributed by atoms with Crippen LogP contribution in [-0.4, -0.2) is 17.6 Å². The third-order valence-electron chi connectivity index (χ3n) is 3.06. The summed E-state index contributed by atoms with van der Waals surface area (Å²) in [5, 5.41) is 12.0. The number of ether oxygens (including phenoxy) is 1. The van der Waals surface area contributed by atoms with Gasteiger partial charge in [0.1, 0.15) is 17.5 Å². The van der Waals surface area contributed by atoms with Crippen molar-refractivity contribution in [2.24, 2.45) is 7.05 Å². The van der Waals surface area contributed by atoms with Crippen LogP contribution in [0.1, 0.15) is 22.1 Å². The van der Waals surface area contributed by atoms with Gasteiger partial charge in [0.2, 0.25) is 0 Å². The number of aryl methyl sites for hydroxylation is 1. The van der Waals surface area contributed by atoms with Gasteiger partial charge in [0, 0.05) is 23.3 Å². The quantitative estimate of drug-likeness (QED) is 0.924. The Balaban J connectivity index is 2.26. The molecule has 21 heavy (non-hydrogen) atoms. The highest BCUT2D eigenvalue weighted by Gasteiger charge is 2.20. The van der Waals surface area contributed by atoms with Crippen LogP contribution < -0.4 is 10.1 Å². The van der Waals surface area contributed by atoms with E-state index >= 15 is 0 Å². The predicted molar refractivity (Wildman–Crippen MR) is 81.9 cm³/mol. The van der Waals surface area contributed by atoms with Crippen molar-refractivity contribution < 1.29 is 9.53 Å². The summed E-state index contributed by atoms with van der Waals surface area (Å²) in [4.78, 5) is 12.3. The van der Waals surface area contributed by atoms with Gasteiger partial charge in [-0.05, 0) is 28.1 Å². The summed E-state index contributed by atoms with van der Waals surface area (Å²) in [6.45, 7) is 0. The van der Waals surface area contributed by atoms with Crippen molar-refractivity contribution in [2.75, 3.05) is 7.11 Å². The lowest BCUT2D eigenvalue weighted by Gasteiger charge is -2.15. The molecule has 0 radical (unpaired) electrons. The zero-order chi connectivity index (χ0) is 15.4. The number of nitrogens with zero attached hydrogens (tertiary/aromatic N) is 2. The van der Waals surface area contributed by atoms with Crippen LogP contribution >= 0.6 is 15.9 Å². The molecule has 1 aromatic carbocycles. The number of hydrogen-bond donors (Lipinski definition) is 1. The smallest absolute Gasteiger partial charge is 0.269 e. The average molecular weight is 348 g/mol. The molecule has 0 aliphatic carbocycles. The number of amides is 1. The second-order valence-corrected chi connectivity index (χ2v) is 5.35. The second-order valence-electron chi connectivity index (χ2n) is 4.43. The number of rotatable bonds is 4. The molecule has 0 unspecified atom stereocenters. The first-order valence-corrected chi connectivity index (χ1v) is 7.01. The number of benzene rings is 1. The maximum atomic E-state index is 12.3. The molecule has 2 rings (SSSR count). The summed E-state index contributed by atoms with van der Waals surface area (Å²) < 4.78 is 7.73. The Bertz CT molecular complexity index is 703. The van der Waals surface area contributed by atoms with Crippen molar-refractivity contribution in [2.45, 2.75) is 6.04 Å². The van der Waals surface area contributed by atoms with Crippen molar-refractivity contribution in [1.82, 2.24) is 9.88 Å². The van der Waals surface area contributed by atoms with Crippen LogP contribution in [0, 0.1) is 11.3 Å². The number of nitrogens with one attached hydrogen (secondary N) is 1. The minimum Gasteiger partial charge on any atom is -0.496 e. The zero-order valence-electron chi connectivity index (χ0n) is 11.6. The summed E-state index contributed by atoms with van der Waals surface area (Å²) >= 11 is 3.32. The first kappa shape index (κ1) is 15.1. The van der Waals surface area contributed by atoms with Crippen molar-refractivity contribution >= 4 is 21.8 Å². The molecule has 0 aliphatic rings. The highest BCUT2D eigenvalue weighted by atomic mass is 79.9. The van der Waals surface area contributed by atoms with Crippen LogP contribution in [0.5, 0.6) is 5.75 Å². The van der Waals surface area contributed by atoms with Crippen molar-refractivity contribution in [3.05, 3.63) is 52.3 Å². The van der Waals surface area contributed by atoms with E-state index in [9.17, 15) is 10.1 Å². The summed E-state index contributed by atoms with van der Waals surface area (Å²) in [6.07, 6.45) is 1.78. The predicted octanol–water partition coefficient (Wildman–Crippen LogP) is 2.79. The fraction of sp³-hybridized carbons (Fsp3) is 0.200. The van der Waals surface area contributed by atoms with Gasteiger partial charge >= 0.3 is 0 Å². The Labute approximate surface area is 131 Å². The average Bonchev–Trinajstić information content (AvgIpc) is 2.83. The van der Waals surface area contributed by atoms with E-state index in [-0.39, 0.29) is 5.91 Å². The van der Waals surface area contributed by atoms with Crippen molar-refractivity contribution in [3.8, 4) is 11.8 Å². The van der Waals surface area contributed by atoms with Crippen LogP contribution in [0.25, 0.3) is 0 Å². The van der Waals surface area contributed by atoms with E-state index in [0.29, 0.717) is 17.0 Å². The van der Waals surface area contributed by atoms with Gasteiger partial charge in [0.05, 0.1) is 13.2 Å². The maximum Gasteiger partial charge on any atom is 0.269 e. The Morgan fingerprint density at radius 3 is 2.76 bits per heavy atom. The lowest BCUT2D eigenvalue weighted by molar-refractivity contribution is 0.0936. The summed E-state index contributed by atoms with van der Waals surface area (Å²) in [5.41, 5.74) is 1.10. The lowest BCUT2D eigenvalue weighted by Crippen LogP contribution is -2.29. The van der Waals surface area contributed by atoms with E-state index in [1.165, 1.54) is 7.11 Å². The van der Waals surface area contributed by atoms with E-state index in [2.05, 4.69) is 27.3 Å². The molecule has 0 spiro atoms. The highest BCUT2D eigenvalue weighted by molar-refractivity contribution is 9.10. The van der Waals surface area contributed by atoms with Crippen molar-refractivity contribution in [3.63, 3.8) is 0 Å². The van der Waals surface area contributed by atoms with Crippen LogP contribution in [0.15, 0.2) is 41.0 Å². The number of hydrogen-bond acceptors (Lipinski definition) is 3. The van der Waals surface area contributed by atoms with Crippen LogP contribution in [-0.2, 0) is 7.05 Å². The van der Waals surface area contributed by atoms with Gasteiger partial charge in [-0.3, -0.25) is 4.79 Å². The van der Waals surface area contributed by atoms with Gasteiger partial charge in [-0.15, -0.1) is 0 Å². The largest absolute Gasteiger partial charge is 0.496 e. The normalized spacial score (nSPS) is 11.5. The van der Waals surface area contributed by atoms with Gasteiger partial charge in [-0.1, -0.05) is 18.2 Å². The molecular weight excluding hydrogens is 334 g/mol. The molecule has 108 valence electrons. The Hall–Kier alpha value is -2.26. The number of carbonyl (C=O) groups excluding carboxylic acids is 1. The Morgan fingerprint density at radius 1 is 1.48 bits per heavy atom. The first-order chi connectivity index (χ1) is 10.1. The van der Waals surface area contributed by atoms with Gasteiger partial charge < -0.3 is 14.6 Å². The van der Waals surface area contributed by atoms with Gasteiger partial charge in [-0.25, -0.2) is 0 Å². The zero-order valence-corrected chi connectivity index (χ0v) is 13.2. The first-order valence-electron chi connectivity index (χ1n) is 6.22. The highest BCUT2D eigenvalue weighted by Crippen LogP contribution is 2.24. The topological polar surface area (TPSA) is 67.0 Å². The third kappa shape index (κ3) is 3.26. The van der Waals surface area contributed by atoms with Crippen LogP contribution in [0.3, 0.4) is 0 Å². The fourth-order valence-corrected chi connectivity index (χ4v) is 2.56. The number of carbonyl (C=O) groups is 1. The molecule has 1 heterocycles. The van der Waals surface area contributed by atoms with Crippen molar-refractivity contribution in [1.29, 1.82) is 5.26 Å². The molecule has 0 bridgehead atoms. The Morgan fingerprint density at radius 2 is 2.19 bits per heavy atom. The van der Waals surface area contributed by atoms with Crippen LogP contribution in [0.2, 0.25) is 0 Å². The van der Waals surface area contributed by atoms with E-state index in [0.717, 1.165) is 4.47 Å². The molecular formula is C15H14BrN3O2. The molecule has 5 nitrogen and oxygen atoms in total. The summed E-state index contributed by atoms with van der Waals surface area (Å²) in [7, 11) is 3.30. The van der Waals surface area contributed by atoms with E-state index < -0.39 is 6.04 Å². The molecule has 1 atom stereocenters. The van der Waals surface area contributed by atoms with Gasteiger partial charge in [-0.2, -0.15) is 5.26 Å². The third-order valence-corrected chi connectivity index (χ3v) is 3.49. The minimum absolute atomic E-state index is 0.319. The van der Waals surface area contributed by atoms with E-state index in [4.69, 9.17) is 4.74 Å². The standard InChI is InChI=1S/C15H14BrN3O2/c1-19-9-10(16)7-13(19)15(20)18-12(8-17)11-5-3-4-6-14(11)21-2/h3-7,9,12H,1-2H3,(H,18,20)/t12-/m1/s1. The number of nitriles is 1. The number of methoxy groups -OCH3 is 1. The maximum absolute atomic E-state index is 12.3. The van der Waals surface area contributed by atoms with E-state index in [1.54, 1.807) is 42.1 Å². The summed E-state index contributed by atoms with van der Waals surface area (Å²) in [5.74, 6) is 0.248. The molecule has 0 aliphatic heterocycles. The second kappa shape index (κ2) is 6.46. The minimum atomic E-state index is -0.776. The van der Waals surface area contributed by atoms with Crippen LogP contribution in [0.4, 0.5) is 0 Å². The molecule has 0 saturated heterocycles. The molecule has 0 saturated carbocycles. The fourth-order valence-electron chi connectivity index (χ4n) is 2.04. The number of halogens is 1. The monoisotopic (exact) mass is 347 g/mol. The molecule has 1 aromatic heterocycles. The van der Waals surface area contributed by atoms with E-state index in [1.807, 2.05) is 6.07 Å². The van der Waals surface area contributed by atoms with Gasteiger partial charge in [0.25, 0.3) is 5.91 Å². The van der Waals surface area contributed by atoms with Gasteiger partial charge in [0.15, 0.2) is 0 Å². The number of aromatic nitrogens is 1.